The summed E-state index contributed by atoms with van der Waals surface area (Å²) in [4.78, 5) is 17.3. The van der Waals surface area contributed by atoms with E-state index in [-0.39, 0.29) is 6.03 Å². The predicted molar refractivity (Wildman–Crippen MR) is 136 cm³/mol. The SMILES string of the molecule is O=C(Nc1ccc(Cl)cc1Cl)N(CCN1CCOCC1)Cc1cccc(Oc2ccccc2)c1. The van der Waals surface area contributed by atoms with Crippen molar-refractivity contribution >= 4 is 34.9 Å². The number of halogens is 2. The van der Waals surface area contributed by atoms with Crippen molar-refractivity contribution in [3.8, 4) is 11.5 Å². The van der Waals surface area contributed by atoms with Crippen LogP contribution in [0.15, 0.2) is 72.8 Å². The van der Waals surface area contributed by atoms with Crippen LogP contribution in [0, 0.1) is 0 Å². The summed E-state index contributed by atoms with van der Waals surface area (Å²) in [5.74, 6) is 1.48. The van der Waals surface area contributed by atoms with E-state index in [2.05, 4.69) is 10.2 Å². The van der Waals surface area contributed by atoms with Gasteiger partial charge in [-0.1, -0.05) is 53.5 Å². The van der Waals surface area contributed by atoms with E-state index >= 15 is 0 Å². The van der Waals surface area contributed by atoms with Crippen LogP contribution in [-0.4, -0.2) is 55.2 Å². The highest BCUT2D eigenvalue weighted by Gasteiger charge is 2.18. The van der Waals surface area contributed by atoms with Gasteiger partial charge in [-0.25, -0.2) is 4.79 Å². The molecule has 0 bridgehead atoms. The van der Waals surface area contributed by atoms with Crippen LogP contribution in [0.2, 0.25) is 10.0 Å². The first kappa shape index (κ1) is 24.4. The maximum atomic E-state index is 13.3. The number of amides is 2. The average Bonchev–Trinajstić information content (AvgIpc) is 2.85. The Labute approximate surface area is 210 Å². The normalized spacial score (nSPS) is 13.9. The maximum Gasteiger partial charge on any atom is 0.322 e. The lowest BCUT2D eigenvalue weighted by molar-refractivity contribution is 0.0349. The molecule has 0 spiro atoms. The highest BCUT2D eigenvalue weighted by atomic mass is 35.5. The van der Waals surface area contributed by atoms with E-state index in [9.17, 15) is 4.79 Å². The first-order valence-electron chi connectivity index (χ1n) is 11.2. The summed E-state index contributed by atoms with van der Waals surface area (Å²) in [6.07, 6.45) is 0. The molecule has 1 fully saturated rings. The zero-order valence-electron chi connectivity index (χ0n) is 18.8. The molecule has 0 unspecified atom stereocenters. The summed E-state index contributed by atoms with van der Waals surface area (Å²) in [5.41, 5.74) is 1.49. The number of carbonyl (C=O) groups is 1. The van der Waals surface area contributed by atoms with E-state index in [0.717, 1.165) is 36.7 Å². The molecule has 0 aromatic heterocycles. The molecule has 34 heavy (non-hydrogen) atoms. The fraction of sp³-hybridized carbons (Fsp3) is 0.269. The van der Waals surface area contributed by atoms with Crippen molar-refractivity contribution in [3.63, 3.8) is 0 Å². The van der Waals surface area contributed by atoms with Gasteiger partial charge < -0.3 is 19.7 Å². The molecule has 0 atom stereocenters. The molecule has 1 aliphatic heterocycles. The third kappa shape index (κ3) is 7.11. The summed E-state index contributed by atoms with van der Waals surface area (Å²) < 4.78 is 11.4. The summed E-state index contributed by atoms with van der Waals surface area (Å²) in [5, 5.41) is 3.83. The first-order chi connectivity index (χ1) is 16.6. The number of benzene rings is 3. The van der Waals surface area contributed by atoms with Crippen LogP contribution in [0.4, 0.5) is 10.5 Å². The van der Waals surface area contributed by atoms with E-state index < -0.39 is 0 Å². The molecule has 6 nitrogen and oxygen atoms in total. The van der Waals surface area contributed by atoms with Crippen LogP contribution in [-0.2, 0) is 11.3 Å². The van der Waals surface area contributed by atoms with Crippen LogP contribution < -0.4 is 10.1 Å². The molecular weight excluding hydrogens is 473 g/mol. The van der Waals surface area contributed by atoms with Gasteiger partial charge in [-0.15, -0.1) is 0 Å². The highest BCUT2D eigenvalue weighted by molar-refractivity contribution is 6.36. The second kappa shape index (κ2) is 12.1. The number of morpholine rings is 1. The second-order valence-electron chi connectivity index (χ2n) is 7.99. The van der Waals surface area contributed by atoms with Gasteiger partial charge in [0.1, 0.15) is 11.5 Å². The molecular formula is C26H27Cl2N3O3. The van der Waals surface area contributed by atoms with E-state index in [0.29, 0.717) is 42.0 Å². The molecule has 8 heteroatoms. The predicted octanol–water partition coefficient (Wildman–Crippen LogP) is 6.15. The Kier molecular flexibility index (Phi) is 8.66. The first-order valence-corrected chi connectivity index (χ1v) is 12.0. The number of nitrogens with one attached hydrogen (secondary N) is 1. The number of anilines is 1. The minimum Gasteiger partial charge on any atom is -0.457 e. The molecule has 0 aliphatic carbocycles. The van der Waals surface area contributed by atoms with Gasteiger partial charge in [-0.05, 0) is 48.0 Å². The van der Waals surface area contributed by atoms with Crippen LogP contribution in [0.25, 0.3) is 0 Å². The minimum absolute atomic E-state index is 0.230. The van der Waals surface area contributed by atoms with Crippen molar-refractivity contribution in [2.75, 3.05) is 44.7 Å². The molecule has 1 aliphatic rings. The number of rotatable bonds is 8. The lowest BCUT2D eigenvalue weighted by Crippen LogP contribution is -2.44. The van der Waals surface area contributed by atoms with Crippen molar-refractivity contribution < 1.29 is 14.3 Å². The Balaban J connectivity index is 1.47. The van der Waals surface area contributed by atoms with Crippen molar-refractivity contribution in [2.24, 2.45) is 0 Å². The Hall–Kier alpha value is -2.77. The van der Waals surface area contributed by atoms with Crippen LogP contribution in [0.5, 0.6) is 11.5 Å². The molecule has 1 saturated heterocycles. The summed E-state index contributed by atoms with van der Waals surface area (Å²) in [6.45, 7) is 4.88. The van der Waals surface area contributed by atoms with Crippen molar-refractivity contribution in [1.82, 2.24) is 9.80 Å². The molecule has 1 heterocycles. The lowest BCUT2D eigenvalue weighted by atomic mass is 10.2. The Morgan fingerprint density at radius 1 is 0.971 bits per heavy atom. The third-order valence-corrected chi connectivity index (χ3v) is 6.05. The number of hydrogen-bond donors (Lipinski definition) is 1. The quantitative estimate of drug-likeness (QED) is 0.403. The minimum atomic E-state index is -0.230. The molecule has 1 N–H and O–H groups in total. The fourth-order valence-electron chi connectivity index (χ4n) is 3.68. The molecule has 3 aromatic rings. The second-order valence-corrected chi connectivity index (χ2v) is 8.84. The van der Waals surface area contributed by atoms with Gasteiger partial charge in [0.15, 0.2) is 0 Å². The molecule has 0 radical (unpaired) electrons. The van der Waals surface area contributed by atoms with Gasteiger partial charge in [0, 0.05) is 37.7 Å². The van der Waals surface area contributed by atoms with E-state index in [4.69, 9.17) is 32.7 Å². The third-order valence-electron chi connectivity index (χ3n) is 5.50. The monoisotopic (exact) mass is 499 g/mol. The van der Waals surface area contributed by atoms with E-state index in [1.807, 2.05) is 54.6 Å². The van der Waals surface area contributed by atoms with Gasteiger partial charge in [-0.2, -0.15) is 0 Å². The van der Waals surface area contributed by atoms with Gasteiger partial charge in [0.05, 0.1) is 23.9 Å². The molecule has 4 rings (SSSR count). The van der Waals surface area contributed by atoms with Crippen LogP contribution in [0.1, 0.15) is 5.56 Å². The lowest BCUT2D eigenvalue weighted by Gasteiger charge is -2.30. The Morgan fingerprint density at radius 2 is 1.74 bits per heavy atom. The van der Waals surface area contributed by atoms with Crippen molar-refractivity contribution in [3.05, 3.63) is 88.4 Å². The summed E-state index contributed by atoms with van der Waals surface area (Å²) in [6, 6.07) is 22.2. The number of urea groups is 1. The zero-order valence-corrected chi connectivity index (χ0v) is 20.3. The largest absolute Gasteiger partial charge is 0.457 e. The molecule has 178 valence electrons. The Bertz CT molecular complexity index is 1090. The summed E-state index contributed by atoms with van der Waals surface area (Å²) >= 11 is 12.3. The number of nitrogens with zero attached hydrogens (tertiary/aromatic N) is 2. The van der Waals surface area contributed by atoms with Gasteiger partial charge >= 0.3 is 6.03 Å². The summed E-state index contributed by atoms with van der Waals surface area (Å²) in [7, 11) is 0. The smallest absolute Gasteiger partial charge is 0.322 e. The molecule has 0 saturated carbocycles. The fourth-order valence-corrected chi connectivity index (χ4v) is 4.13. The van der Waals surface area contributed by atoms with Gasteiger partial charge in [0.25, 0.3) is 0 Å². The Morgan fingerprint density at radius 3 is 2.50 bits per heavy atom. The molecule has 3 aromatic carbocycles. The number of hydrogen-bond acceptors (Lipinski definition) is 4. The highest BCUT2D eigenvalue weighted by Crippen LogP contribution is 2.26. The number of para-hydroxylation sites is 1. The van der Waals surface area contributed by atoms with Gasteiger partial charge in [-0.3, -0.25) is 4.90 Å². The maximum absolute atomic E-state index is 13.3. The topological polar surface area (TPSA) is 54.0 Å². The number of carbonyl (C=O) groups excluding carboxylic acids is 1. The van der Waals surface area contributed by atoms with Crippen molar-refractivity contribution in [1.29, 1.82) is 0 Å². The zero-order chi connectivity index (χ0) is 23.8. The number of ether oxygens (including phenoxy) is 2. The average molecular weight is 500 g/mol. The van der Waals surface area contributed by atoms with E-state index in [1.165, 1.54) is 0 Å². The molecule has 2 amide bonds. The van der Waals surface area contributed by atoms with Gasteiger partial charge in [0.2, 0.25) is 0 Å². The van der Waals surface area contributed by atoms with E-state index in [1.54, 1.807) is 23.1 Å². The standard InChI is InChI=1S/C26H27Cl2N3O3/c27-21-9-10-25(24(28)18-21)29-26(32)31(12-11-30-13-15-33-16-14-30)19-20-5-4-8-23(17-20)34-22-6-2-1-3-7-22/h1-10,17-18H,11-16,19H2,(H,29,32). The van der Waals surface area contributed by atoms with Crippen LogP contribution in [0.3, 0.4) is 0 Å². The van der Waals surface area contributed by atoms with Crippen molar-refractivity contribution in [2.45, 2.75) is 6.54 Å². The van der Waals surface area contributed by atoms with Crippen LogP contribution >= 0.6 is 23.2 Å².